The molecule has 0 unspecified atom stereocenters. The molecule has 1 aromatic carbocycles. The highest BCUT2D eigenvalue weighted by Gasteiger charge is 2.45. The predicted octanol–water partition coefficient (Wildman–Crippen LogP) is 4.39. The lowest BCUT2D eigenvalue weighted by atomic mass is 9.94. The van der Waals surface area contributed by atoms with Crippen molar-refractivity contribution in [1.82, 2.24) is 4.90 Å². The number of benzene rings is 1. The Hall–Kier alpha value is -1.97. The number of nitrogens with zero attached hydrogens (tertiary/aromatic N) is 1. The van der Waals surface area contributed by atoms with Gasteiger partial charge in [0.15, 0.2) is 29.1 Å². The lowest BCUT2D eigenvalue weighted by Gasteiger charge is -2.28. The normalized spacial score (nSPS) is 19.6. The topological polar surface area (TPSA) is 82.1 Å². The van der Waals surface area contributed by atoms with Crippen LogP contribution in [0.15, 0.2) is 6.07 Å². The lowest BCUT2D eigenvalue weighted by Crippen LogP contribution is -2.44. The zero-order valence-corrected chi connectivity index (χ0v) is 18.6. The van der Waals surface area contributed by atoms with E-state index in [1.807, 2.05) is 0 Å². The van der Waals surface area contributed by atoms with E-state index in [4.69, 9.17) is 13.8 Å². The molecule has 1 fully saturated rings. The van der Waals surface area contributed by atoms with Crippen LogP contribution in [0, 0.1) is 23.3 Å². The number of amides is 1. The number of hydrogen-bond donors (Lipinski definition) is 0. The molecule has 1 amide bonds. The summed E-state index contributed by atoms with van der Waals surface area (Å²) >= 11 is 0. The van der Waals surface area contributed by atoms with Crippen LogP contribution in [0.5, 0.6) is 0 Å². The van der Waals surface area contributed by atoms with Crippen LogP contribution < -0.4 is 0 Å². The Bertz CT molecular complexity index is 885. The van der Waals surface area contributed by atoms with Crippen molar-refractivity contribution in [2.45, 2.75) is 44.8 Å². The van der Waals surface area contributed by atoms with Crippen LogP contribution >= 0.6 is 7.60 Å². The quantitative estimate of drug-likeness (QED) is 0.349. The van der Waals surface area contributed by atoms with E-state index in [1.165, 1.54) is 0 Å². The van der Waals surface area contributed by atoms with Crippen LogP contribution in [0.25, 0.3) is 0 Å². The monoisotopic (exact) mass is 469 g/mol. The fraction of sp³-hybridized carbons (Fsp3) is 0.579. The molecule has 0 radical (unpaired) electrons. The average molecular weight is 469 g/mol. The zero-order valence-electron chi connectivity index (χ0n) is 17.7. The number of ketones is 1. The van der Waals surface area contributed by atoms with Gasteiger partial charge in [-0.3, -0.25) is 14.3 Å². The largest absolute Gasteiger partial charge is 0.444 e. The van der Waals surface area contributed by atoms with E-state index in [2.05, 4.69) is 0 Å². The summed E-state index contributed by atoms with van der Waals surface area (Å²) in [5.74, 6) is -8.46. The SMILES string of the molecule is COP(=O)(CC(=O)[C@H]1C[C@H](c2c(F)c(F)cc(F)c2F)CN1C(=O)OC(C)(C)C)OC. The number of carbonyl (C=O) groups excluding carboxylic acids is 2. The molecule has 0 spiro atoms. The summed E-state index contributed by atoms with van der Waals surface area (Å²) in [5, 5.41) is 0. The Morgan fingerprint density at radius 1 is 1.10 bits per heavy atom. The zero-order chi connectivity index (χ0) is 23.7. The van der Waals surface area contributed by atoms with Crippen molar-refractivity contribution in [3.05, 3.63) is 34.9 Å². The third-order valence-electron chi connectivity index (χ3n) is 4.76. The molecule has 1 aliphatic rings. The standard InChI is InChI=1S/C19H24F4NO6P/c1-19(2,3)30-18(26)24-8-10(15-16(22)11(20)7-12(21)17(15)23)6-13(24)14(25)9-31(27,28-4)29-5/h7,10,13H,6,8-9H2,1-5H3/t10-,13+/m0/s1. The number of hydrogen-bond acceptors (Lipinski definition) is 6. The van der Waals surface area contributed by atoms with Gasteiger partial charge in [-0.25, -0.2) is 22.4 Å². The molecule has 31 heavy (non-hydrogen) atoms. The fourth-order valence-corrected chi connectivity index (χ4v) is 4.32. The molecule has 0 aliphatic carbocycles. The molecule has 7 nitrogen and oxygen atoms in total. The molecule has 1 aliphatic heterocycles. The third-order valence-corrected chi connectivity index (χ3v) is 6.57. The Labute approximate surface area is 177 Å². The minimum Gasteiger partial charge on any atom is -0.444 e. The number of Topliss-reactive ketones (excluding diaryl/α,β-unsaturated/α-hetero) is 1. The van der Waals surface area contributed by atoms with Crippen molar-refractivity contribution >= 4 is 19.5 Å². The highest BCUT2D eigenvalue weighted by atomic mass is 31.2. The van der Waals surface area contributed by atoms with Gasteiger partial charge in [-0.15, -0.1) is 0 Å². The summed E-state index contributed by atoms with van der Waals surface area (Å²) < 4.78 is 83.1. The molecule has 1 saturated heterocycles. The summed E-state index contributed by atoms with van der Waals surface area (Å²) in [6.07, 6.45) is -2.07. The summed E-state index contributed by atoms with van der Waals surface area (Å²) in [6, 6.07) is -1.26. The van der Waals surface area contributed by atoms with Crippen LogP contribution in [0.3, 0.4) is 0 Å². The molecular formula is C19H24F4NO6P. The van der Waals surface area contributed by atoms with Crippen molar-refractivity contribution in [2.24, 2.45) is 0 Å². The van der Waals surface area contributed by atoms with Crippen molar-refractivity contribution in [3.63, 3.8) is 0 Å². The number of likely N-dealkylation sites (tertiary alicyclic amines) is 1. The van der Waals surface area contributed by atoms with Gasteiger partial charge in [0, 0.05) is 38.3 Å². The van der Waals surface area contributed by atoms with E-state index in [0.717, 1.165) is 19.1 Å². The van der Waals surface area contributed by atoms with E-state index in [-0.39, 0.29) is 12.5 Å². The highest BCUT2D eigenvalue weighted by Crippen LogP contribution is 2.47. The van der Waals surface area contributed by atoms with Crippen molar-refractivity contribution in [3.8, 4) is 0 Å². The second-order valence-electron chi connectivity index (χ2n) is 8.06. The van der Waals surface area contributed by atoms with Crippen LogP contribution in [0.4, 0.5) is 22.4 Å². The van der Waals surface area contributed by atoms with Gasteiger partial charge in [-0.1, -0.05) is 0 Å². The van der Waals surface area contributed by atoms with Gasteiger partial charge in [0.1, 0.15) is 11.8 Å². The minimum atomic E-state index is -3.81. The first-order chi connectivity index (χ1) is 14.2. The van der Waals surface area contributed by atoms with Crippen molar-refractivity contribution < 1.29 is 45.5 Å². The van der Waals surface area contributed by atoms with Crippen LogP contribution in [0.2, 0.25) is 0 Å². The van der Waals surface area contributed by atoms with E-state index >= 15 is 0 Å². The van der Waals surface area contributed by atoms with E-state index < -0.39 is 78.6 Å². The summed E-state index contributed by atoms with van der Waals surface area (Å²) in [4.78, 5) is 26.4. The second kappa shape index (κ2) is 9.26. The maximum Gasteiger partial charge on any atom is 0.410 e. The van der Waals surface area contributed by atoms with E-state index in [0.29, 0.717) is 0 Å². The summed E-state index contributed by atoms with van der Waals surface area (Å²) in [7, 11) is -1.67. The van der Waals surface area contributed by atoms with Crippen LogP contribution in [-0.4, -0.2) is 55.3 Å². The highest BCUT2D eigenvalue weighted by molar-refractivity contribution is 7.54. The third kappa shape index (κ3) is 5.64. The van der Waals surface area contributed by atoms with E-state index in [9.17, 15) is 31.7 Å². The molecule has 2 atom stereocenters. The average Bonchev–Trinajstić information content (AvgIpc) is 3.10. The van der Waals surface area contributed by atoms with Gasteiger partial charge in [0.25, 0.3) is 0 Å². The second-order valence-corrected chi connectivity index (χ2v) is 10.3. The number of halogens is 4. The number of rotatable bonds is 6. The maximum atomic E-state index is 14.3. The van der Waals surface area contributed by atoms with Gasteiger partial charge in [-0.2, -0.15) is 0 Å². The van der Waals surface area contributed by atoms with Crippen molar-refractivity contribution in [2.75, 3.05) is 26.9 Å². The first-order valence-corrected chi connectivity index (χ1v) is 11.0. The fourth-order valence-electron chi connectivity index (χ4n) is 3.32. The summed E-state index contributed by atoms with van der Waals surface area (Å²) in [6.45, 7) is 4.26. The Balaban J connectivity index is 2.44. The molecule has 1 heterocycles. The maximum absolute atomic E-state index is 14.3. The molecule has 2 rings (SSSR count). The Morgan fingerprint density at radius 2 is 1.61 bits per heavy atom. The van der Waals surface area contributed by atoms with Gasteiger partial charge in [0.05, 0.1) is 6.04 Å². The summed E-state index contributed by atoms with van der Waals surface area (Å²) in [5.41, 5.74) is -1.87. The van der Waals surface area contributed by atoms with Gasteiger partial charge in [-0.05, 0) is 27.2 Å². The minimum absolute atomic E-state index is 0.0742. The van der Waals surface area contributed by atoms with Crippen LogP contribution in [-0.2, 0) is 23.1 Å². The van der Waals surface area contributed by atoms with Crippen LogP contribution in [0.1, 0.15) is 38.7 Å². The lowest BCUT2D eigenvalue weighted by molar-refractivity contribution is -0.121. The smallest absolute Gasteiger partial charge is 0.410 e. The molecule has 0 aromatic heterocycles. The first-order valence-electron chi connectivity index (χ1n) is 9.28. The first kappa shape index (κ1) is 25.3. The molecule has 0 bridgehead atoms. The molecule has 1 aromatic rings. The van der Waals surface area contributed by atoms with Gasteiger partial charge >= 0.3 is 13.7 Å². The van der Waals surface area contributed by atoms with Crippen molar-refractivity contribution in [1.29, 1.82) is 0 Å². The molecular weight excluding hydrogens is 445 g/mol. The molecule has 0 saturated carbocycles. The Morgan fingerprint density at radius 3 is 2.06 bits per heavy atom. The molecule has 12 heteroatoms. The van der Waals surface area contributed by atoms with E-state index in [1.54, 1.807) is 20.8 Å². The number of carbonyl (C=O) groups is 2. The molecule has 0 N–H and O–H groups in total. The molecule has 174 valence electrons. The predicted molar refractivity (Wildman–Crippen MR) is 102 cm³/mol. The Kier molecular flexibility index (Phi) is 7.55. The van der Waals surface area contributed by atoms with Gasteiger partial charge in [0.2, 0.25) is 0 Å². The number of ether oxygens (including phenoxy) is 1. The van der Waals surface area contributed by atoms with Gasteiger partial charge < -0.3 is 13.8 Å².